The van der Waals surface area contributed by atoms with Crippen molar-refractivity contribution >= 4 is 28.7 Å². The van der Waals surface area contributed by atoms with Crippen LogP contribution in [0.15, 0.2) is 72.8 Å². The summed E-state index contributed by atoms with van der Waals surface area (Å²) in [7, 11) is 0. The predicted octanol–water partition coefficient (Wildman–Crippen LogP) is 6.10. The first-order valence-corrected chi connectivity index (χ1v) is 11.2. The van der Waals surface area contributed by atoms with Gasteiger partial charge < -0.3 is 14.7 Å². The molecule has 154 valence electrons. The topological polar surface area (TPSA) is 9.72 Å². The molecule has 0 aromatic heterocycles. The minimum atomic E-state index is 0.573. The van der Waals surface area contributed by atoms with Gasteiger partial charge in [0.05, 0.1) is 18.0 Å². The zero-order valence-electron chi connectivity index (χ0n) is 17.5. The van der Waals surface area contributed by atoms with Gasteiger partial charge in [-0.3, -0.25) is 0 Å². The summed E-state index contributed by atoms with van der Waals surface area (Å²) in [6, 6.07) is 26.5. The molecule has 3 nitrogen and oxygen atoms in total. The number of piperidine rings is 1. The molecule has 1 saturated heterocycles. The molecule has 2 heterocycles. The van der Waals surface area contributed by atoms with Gasteiger partial charge in [-0.25, -0.2) is 0 Å². The van der Waals surface area contributed by atoms with Crippen molar-refractivity contribution in [2.75, 3.05) is 34.5 Å². The highest BCUT2D eigenvalue weighted by molar-refractivity contribution is 6.31. The van der Waals surface area contributed by atoms with Crippen LogP contribution in [0.4, 0.5) is 17.1 Å². The van der Waals surface area contributed by atoms with Gasteiger partial charge in [0.25, 0.3) is 0 Å². The van der Waals surface area contributed by atoms with Gasteiger partial charge in [-0.05, 0) is 61.2 Å². The fourth-order valence-electron chi connectivity index (χ4n) is 4.85. The summed E-state index contributed by atoms with van der Waals surface area (Å²) in [5.74, 6) is 0. The van der Waals surface area contributed by atoms with E-state index < -0.39 is 0 Å². The number of nitrogens with zero attached hydrogens (tertiary/aromatic N) is 3. The van der Waals surface area contributed by atoms with E-state index in [-0.39, 0.29) is 0 Å². The standard InChI is InChI=1S/C26H28ClN3/c1-20-7-6-9-23(17-20)28-15-13-22(14-16-28)30-19-29(25-11-4-5-12-26(25)30)18-21-8-2-3-10-24(21)27/h2-12,17,22H,13-16,18-19H2,1H3. The van der Waals surface area contributed by atoms with Crippen LogP contribution in [-0.2, 0) is 6.54 Å². The average Bonchev–Trinajstić information content (AvgIpc) is 3.14. The molecule has 2 aliphatic rings. The molecule has 1 fully saturated rings. The maximum atomic E-state index is 6.45. The number of anilines is 3. The van der Waals surface area contributed by atoms with E-state index in [0.717, 1.165) is 31.3 Å². The quantitative estimate of drug-likeness (QED) is 0.507. The first-order valence-electron chi connectivity index (χ1n) is 10.8. The van der Waals surface area contributed by atoms with E-state index >= 15 is 0 Å². The molecule has 2 aliphatic heterocycles. The van der Waals surface area contributed by atoms with Crippen molar-refractivity contribution in [3.8, 4) is 0 Å². The van der Waals surface area contributed by atoms with E-state index in [1.807, 2.05) is 12.1 Å². The predicted molar refractivity (Wildman–Crippen MR) is 128 cm³/mol. The lowest BCUT2D eigenvalue weighted by Crippen LogP contribution is -2.46. The first-order chi connectivity index (χ1) is 14.7. The van der Waals surface area contributed by atoms with Crippen molar-refractivity contribution in [3.63, 3.8) is 0 Å². The van der Waals surface area contributed by atoms with Crippen LogP contribution >= 0.6 is 11.6 Å². The molecule has 0 N–H and O–H groups in total. The lowest BCUT2D eigenvalue weighted by atomic mass is 10.0. The van der Waals surface area contributed by atoms with Gasteiger partial charge in [0.15, 0.2) is 0 Å². The fraction of sp³-hybridized carbons (Fsp3) is 0.308. The van der Waals surface area contributed by atoms with Crippen molar-refractivity contribution in [1.82, 2.24) is 0 Å². The van der Waals surface area contributed by atoms with Crippen molar-refractivity contribution < 1.29 is 0 Å². The Morgan fingerprint density at radius 1 is 0.867 bits per heavy atom. The summed E-state index contributed by atoms with van der Waals surface area (Å²) in [6.07, 6.45) is 2.37. The van der Waals surface area contributed by atoms with Gasteiger partial charge in [0.1, 0.15) is 0 Å². The monoisotopic (exact) mass is 417 g/mol. The summed E-state index contributed by atoms with van der Waals surface area (Å²) >= 11 is 6.45. The molecule has 4 heteroatoms. The number of rotatable bonds is 4. The molecule has 0 aliphatic carbocycles. The summed E-state index contributed by atoms with van der Waals surface area (Å²) < 4.78 is 0. The van der Waals surface area contributed by atoms with Gasteiger partial charge in [0, 0.05) is 36.4 Å². The van der Waals surface area contributed by atoms with Crippen molar-refractivity contribution in [2.45, 2.75) is 32.4 Å². The van der Waals surface area contributed by atoms with Crippen LogP contribution in [-0.4, -0.2) is 25.8 Å². The molecule has 0 bridgehead atoms. The number of fused-ring (bicyclic) bond motifs is 1. The smallest absolute Gasteiger partial charge is 0.0910 e. The molecule has 5 rings (SSSR count). The second-order valence-electron chi connectivity index (χ2n) is 8.45. The fourth-order valence-corrected chi connectivity index (χ4v) is 5.05. The Hall–Kier alpha value is -2.65. The minimum Gasteiger partial charge on any atom is -0.371 e. The summed E-state index contributed by atoms with van der Waals surface area (Å²) in [5.41, 5.74) is 6.55. The number of halogens is 1. The van der Waals surface area contributed by atoms with Crippen molar-refractivity contribution in [1.29, 1.82) is 0 Å². The van der Waals surface area contributed by atoms with Crippen LogP contribution in [0.5, 0.6) is 0 Å². The van der Waals surface area contributed by atoms with Crippen LogP contribution in [0, 0.1) is 6.92 Å². The molecule has 0 amide bonds. The molecule has 0 atom stereocenters. The highest BCUT2D eigenvalue weighted by atomic mass is 35.5. The number of benzene rings is 3. The molecular weight excluding hydrogens is 390 g/mol. The largest absolute Gasteiger partial charge is 0.371 e. The Morgan fingerprint density at radius 2 is 1.60 bits per heavy atom. The maximum absolute atomic E-state index is 6.45. The Balaban J connectivity index is 1.31. The van der Waals surface area contributed by atoms with E-state index in [9.17, 15) is 0 Å². The van der Waals surface area contributed by atoms with Gasteiger partial charge >= 0.3 is 0 Å². The number of hydrogen-bond acceptors (Lipinski definition) is 3. The Bertz CT molecular complexity index is 1030. The molecule has 3 aromatic rings. The van der Waals surface area contributed by atoms with Crippen molar-refractivity contribution in [2.24, 2.45) is 0 Å². The van der Waals surface area contributed by atoms with E-state index in [4.69, 9.17) is 11.6 Å². The SMILES string of the molecule is Cc1cccc(N2CCC(N3CN(Cc4ccccc4Cl)c4ccccc43)CC2)c1. The number of hydrogen-bond donors (Lipinski definition) is 0. The normalized spacial score (nSPS) is 16.8. The van der Waals surface area contributed by atoms with Crippen molar-refractivity contribution in [3.05, 3.63) is 88.9 Å². The minimum absolute atomic E-state index is 0.573. The third-order valence-corrected chi connectivity index (χ3v) is 6.81. The van der Waals surface area contributed by atoms with Gasteiger partial charge in [-0.15, -0.1) is 0 Å². The van der Waals surface area contributed by atoms with E-state index in [1.165, 1.54) is 41.0 Å². The first kappa shape index (κ1) is 19.3. The number of aryl methyl sites for hydroxylation is 1. The molecule has 30 heavy (non-hydrogen) atoms. The molecule has 0 unspecified atom stereocenters. The van der Waals surface area contributed by atoms with Gasteiger partial charge in [-0.1, -0.05) is 54.1 Å². The zero-order chi connectivity index (χ0) is 20.5. The molecule has 0 radical (unpaired) electrons. The van der Waals surface area contributed by atoms with Gasteiger partial charge in [0.2, 0.25) is 0 Å². The Labute approximate surface area is 184 Å². The summed E-state index contributed by atoms with van der Waals surface area (Å²) in [4.78, 5) is 7.61. The Morgan fingerprint density at radius 3 is 2.37 bits per heavy atom. The van der Waals surface area contributed by atoms with Crippen LogP contribution < -0.4 is 14.7 Å². The van der Waals surface area contributed by atoms with E-state index in [0.29, 0.717) is 6.04 Å². The van der Waals surface area contributed by atoms with Crippen LogP contribution in [0.2, 0.25) is 5.02 Å². The second kappa shape index (κ2) is 8.23. The zero-order valence-corrected chi connectivity index (χ0v) is 18.2. The van der Waals surface area contributed by atoms with Crippen LogP contribution in [0.3, 0.4) is 0 Å². The molecular formula is C26H28ClN3. The third kappa shape index (κ3) is 3.75. The van der Waals surface area contributed by atoms with E-state index in [1.54, 1.807) is 0 Å². The maximum Gasteiger partial charge on any atom is 0.0910 e. The molecule has 0 spiro atoms. The van der Waals surface area contributed by atoms with Crippen LogP contribution in [0.1, 0.15) is 24.0 Å². The number of para-hydroxylation sites is 2. The van der Waals surface area contributed by atoms with E-state index in [2.05, 4.69) is 82.3 Å². The summed E-state index contributed by atoms with van der Waals surface area (Å²) in [5, 5.41) is 0.847. The molecule has 0 saturated carbocycles. The Kier molecular flexibility index (Phi) is 5.30. The van der Waals surface area contributed by atoms with Crippen LogP contribution in [0.25, 0.3) is 0 Å². The lowest BCUT2D eigenvalue weighted by Gasteiger charge is -2.39. The highest BCUT2D eigenvalue weighted by Gasteiger charge is 2.33. The highest BCUT2D eigenvalue weighted by Crippen LogP contribution is 2.40. The molecule has 3 aromatic carbocycles. The second-order valence-corrected chi connectivity index (χ2v) is 8.85. The van der Waals surface area contributed by atoms with Gasteiger partial charge in [-0.2, -0.15) is 0 Å². The third-order valence-electron chi connectivity index (χ3n) is 6.45. The lowest BCUT2D eigenvalue weighted by molar-refractivity contribution is 0.469. The average molecular weight is 418 g/mol. The summed E-state index contributed by atoms with van der Waals surface area (Å²) in [6.45, 7) is 6.16.